The van der Waals surface area contributed by atoms with E-state index in [4.69, 9.17) is 9.47 Å². The smallest absolute Gasteiger partial charge is 0.268 e. The van der Waals surface area contributed by atoms with Crippen molar-refractivity contribution in [3.8, 4) is 57.1 Å². The van der Waals surface area contributed by atoms with Crippen LogP contribution in [0.25, 0.3) is 56.2 Å². The van der Waals surface area contributed by atoms with Gasteiger partial charge in [-0.25, -0.2) is 0 Å². The molecule has 4 aromatic heterocycles. The van der Waals surface area contributed by atoms with Gasteiger partial charge in [0, 0.05) is 103 Å². The van der Waals surface area contributed by atoms with Gasteiger partial charge in [-0.15, -0.1) is 47.8 Å². The van der Waals surface area contributed by atoms with E-state index in [0.717, 1.165) is 71.0 Å². The first-order valence-corrected chi connectivity index (χ1v) is 22.5. The normalized spacial score (nSPS) is 13.4. The third kappa shape index (κ3) is 8.99. The van der Waals surface area contributed by atoms with Crippen molar-refractivity contribution in [2.24, 2.45) is 0 Å². The zero-order valence-electron chi connectivity index (χ0n) is 36.7. The Hall–Kier alpha value is -6.86. The number of hydrogen-bond donors (Lipinski definition) is 0. The molecule has 0 bridgehead atoms. The van der Waals surface area contributed by atoms with Crippen molar-refractivity contribution < 1.29 is 60.7 Å². The average Bonchev–Trinajstić information content (AvgIpc) is 4.22. The SMILES string of the molecule is [Pt].[Pt].[c-]1c(Oc2[c-]c(-c3[c-]c(Oc4[c-]c(-[n+]5[c-]n(-c6ccc(N7CCCC7)cc6)c6ccccc65)ccc4)ccn3)ncc2)cccc1-[n+]1[c-]n(-c2ccc(N3CCCC3)cc2)c2ccccc21. The monoisotopic (exact) mass is 1250 g/mol. The van der Waals surface area contributed by atoms with E-state index in [-0.39, 0.29) is 42.1 Å². The standard InChI is InChI=1S/C56H42N8O2.2Pt/c1-3-17-55-53(15-1)61(43-23-19-41(20-24-43)59-31-5-6-32-59)39-63(55)45-11-9-13-47(35-45)65-49-27-29-57-51(37-49)52-38-50(28-30-58-52)66-48-14-10-12-46(36-48)64-40-62(54-16-2-4-18-56(54)64)44-25-21-42(22-26-44)60-33-7-8-34-60;;/h1-4,9-30H,5-8,31-34H2;;/q-4;;. The summed E-state index contributed by atoms with van der Waals surface area (Å²) in [7, 11) is 0. The van der Waals surface area contributed by atoms with Crippen LogP contribution in [-0.4, -0.2) is 45.3 Å². The van der Waals surface area contributed by atoms with E-state index in [1.807, 2.05) is 57.7 Å². The second kappa shape index (κ2) is 19.8. The van der Waals surface area contributed by atoms with E-state index in [1.54, 1.807) is 24.5 Å². The molecule has 0 aliphatic carbocycles. The van der Waals surface area contributed by atoms with Gasteiger partial charge >= 0.3 is 0 Å². The van der Waals surface area contributed by atoms with Crippen LogP contribution >= 0.6 is 0 Å². The topological polar surface area (TPSA) is 68.3 Å². The minimum absolute atomic E-state index is 0. The average molecular weight is 1250 g/mol. The van der Waals surface area contributed by atoms with Crippen molar-refractivity contribution in [2.75, 3.05) is 36.0 Å². The van der Waals surface area contributed by atoms with E-state index in [2.05, 4.69) is 151 Å². The molecule has 0 atom stereocenters. The maximum atomic E-state index is 6.36. The van der Waals surface area contributed by atoms with Crippen molar-refractivity contribution in [1.82, 2.24) is 19.1 Å². The maximum Gasteiger partial charge on any atom is 0.268 e. The molecule has 342 valence electrons. The summed E-state index contributed by atoms with van der Waals surface area (Å²) in [6.07, 6.45) is 15.5. The molecule has 6 aromatic carbocycles. The zero-order chi connectivity index (χ0) is 43.8. The largest absolute Gasteiger partial charge is 0.511 e. The Morgan fingerprint density at radius 3 is 1.21 bits per heavy atom. The van der Waals surface area contributed by atoms with E-state index in [9.17, 15) is 0 Å². The fourth-order valence-electron chi connectivity index (χ4n) is 9.03. The summed E-state index contributed by atoms with van der Waals surface area (Å²) in [5.74, 6) is 1.96. The van der Waals surface area contributed by atoms with Crippen LogP contribution in [-0.2, 0) is 42.1 Å². The van der Waals surface area contributed by atoms with Crippen LogP contribution in [0.5, 0.6) is 23.0 Å². The second-order valence-electron chi connectivity index (χ2n) is 16.5. The van der Waals surface area contributed by atoms with Crippen molar-refractivity contribution in [3.05, 3.63) is 195 Å². The second-order valence-corrected chi connectivity index (χ2v) is 16.5. The zero-order valence-corrected chi connectivity index (χ0v) is 41.2. The van der Waals surface area contributed by atoms with Crippen molar-refractivity contribution in [2.45, 2.75) is 25.7 Å². The molecule has 2 aliphatic heterocycles. The Balaban J connectivity index is 0.00000269. The van der Waals surface area contributed by atoms with Crippen LogP contribution in [0.3, 0.4) is 0 Å². The Labute approximate surface area is 424 Å². The Morgan fingerprint density at radius 2 is 0.779 bits per heavy atom. The molecule has 0 radical (unpaired) electrons. The number of imidazole rings is 2. The van der Waals surface area contributed by atoms with E-state index >= 15 is 0 Å². The van der Waals surface area contributed by atoms with Gasteiger partial charge in [0.05, 0.1) is 33.4 Å². The molecule has 12 rings (SSSR count). The van der Waals surface area contributed by atoms with Gasteiger partial charge in [0.2, 0.25) is 0 Å². The summed E-state index contributed by atoms with van der Waals surface area (Å²) in [4.78, 5) is 14.0. The number of aromatic nitrogens is 6. The summed E-state index contributed by atoms with van der Waals surface area (Å²) < 4.78 is 20.9. The van der Waals surface area contributed by atoms with Gasteiger partial charge in [-0.1, -0.05) is 48.5 Å². The molecule has 0 amide bonds. The van der Waals surface area contributed by atoms with E-state index < -0.39 is 0 Å². The van der Waals surface area contributed by atoms with Gasteiger partial charge in [0.1, 0.15) is 0 Å². The Morgan fingerprint density at radius 1 is 0.397 bits per heavy atom. The molecule has 12 heteroatoms. The molecule has 0 spiro atoms. The third-order valence-corrected chi connectivity index (χ3v) is 12.3. The molecule has 0 saturated carbocycles. The summed E-state index contributed by atoms with van der Waals surface area (Å²) in [5.41, 5.74) is 11.2. The van der Waals surface area contributed by atoms with Crippen molar-refractivity contribution in [1.29, 1.82) is 0 Å². The minimum atomic E-state index is 0. The van der Waals surface area contributed by atoms with E-state index in [0.29, 0.717) is 34.4 Å². The summed E-state index contributed by atoms with van der Waals surface area (Å²) in [6, 6.07) is 62.7. The number of fused-ring (bicyclic) bond motifs is 2. The van der Waals surface area contributed by atoms with Crippen LogP contribution in [0.15, 0.2) is 158 Å². The number of anilines is 2. The number of benzene rings is 6. The van der Waals surface area contributed by atoms with Gasteiger partial charge in [-0.3, -0.25) is 9.13 Å². The number of pyridine rings is 2. The van der Waals surface area contributed by atoms with Crippen LogP contribution < -0.4 is 28.4 Å². The molecular weight excluding hydrogens is 1210 g/mol. The third-order valence-electron chi connectivity index (χ3n) is 12.3. The molecule has 6 heterocycles. The van der Waals surface area contributed by atoms with Gasteiger partial charge in [-0.05, 0) is 98.0 Å². The first-order valence-electron chi connectivity index (χ1n) is 22.5. The quantitative estimate of drug-likeness (QED) is 0.0950. The molecular formula is C56H42N8O2Pt2-4. The predicted octanol–water partition coefficient (Wildman–Crippen LogP) is 10.2. The van der Waals surface area contributed by atoms with Crippen LogP contribution in [0.4, 0.5) is 11.4 Å². The molecule has 10 nitrogen and oxygen atoms in total. The maximum absolute atomic E-state index is 6.36. The number of rotatable bonds is 11. The summed E-state index contributed by atoms with van der Waals surface area (Å²) in [5, 5.41) is 0. The van der Waals surface area contributed by atoms with Gasteiger partial charge < -0.3 is 38.4 Å². The molecule has 0 N–H and O–H groups in total. The first-order chi connectivity index (χ1) is 32.7. The molecule has 2 saturated heterocycles. The van der Waals surface area contributed by atoms with E-state index in [1.165, 1.54) is 37.1 Å². The van der Waals surface area contributed by atoms with Crippen LogP contribution in [0.1, 0.15) is 25.7 Å². The van der Waals surface area contributed by atoms with Crippen LogP contribution in [0.2, 0.25) is 0 Å². The molecule has 0 unspecified atom stereocenters. The Kier molecular flexibility index (Phi) is 13.1. The number of ether oxygens (including phenoxy) is 2. The van der Waals surface area contributed by atoms with Gasteiger partial charge in [-0.2, -0.15) is 36.4 Å². The number of hydrogen-bond acceptors (Lipinski definition) is 6. The van der Waals surface area contributed by atoms with Gasteiger partial charge in [0.15, 0.2) is 0 Å². The van der Waals surface area contributed by atoms with Crippen molar-refractivity contribution in [3.63, 3.8) is 0 Å². The summed E-state index contributed by atoms with van der Waals surface area (Å²) in [6.45, 7) is 4.45. The number of nitrogens with zero attached hydrogens (tertiary/aromatic N) is 8. The summed E-state index contributed by atoms with van der Waals surface area (Å²) >= 11 is 0. The molecule has 2 aliphatic rings. The number of para-hydroxylation sites is 4. The predicted molar refractivity (Wildman–Crippen MR) is 253 cm³/mol. The first kappa shape index (κ1) is 44.9. The molecule has 68 heavy (non-hydrogen) atoms. The Bertz CT molecular complexity index is 3140. The molecule has 10 aromatic rings. The van der Waals surface area contributed by atoms with Crippen LogP contribution in [0, 0.1) is 36.9 Å². The van der Waals surface area contributed by atoms with Gasteiger partial charge in [0.25, 0.3) is 12.7 Å². The van der Waals surface area contributed by atoms with Crippen molar-refractivity contribution >= 4 is 33.4 Å². The fraction of sp³-hybridized carbons (Fsp3) is 0.143. The minimum Gasteiger partial charge on any atom is -0.511 e. The fourth-order valence-corrected chi connectivity index (χ4v) is 9.03. The molecule has 2 fully saturated rings.